The van der Waals surface area contributed by atoms with Crippen LogP contribution >= 0.6 is 0 Å². The van der Waals surface area contributed by atoms with E-state index < -0.39 is 17.3 Å². The molecule has 1 aliphatic heterocycles. The van der Waals surface area contributed by atoms with Crippen LogP contribution in [-0.4, -0.2) is 40.5 Å². The van der Waals surface area contributed by atoms with Gasteiger partial charge in [-0.1, -0.05) is 13.8 Å². The lowest BCUT2D eigenvalue weighted by molar-refractivity contribution is -0.139. The van der Waals surface area contributed by atoms with Gasteiger partial charge in [0.1, 0.15) is 0 Å². The van der Waals surface area contributed by atoms with E-state index in [0.717, 1.165) is 19.3 Å². The van der Waals surface area contributed by atoms with Crippen LogP contribution in [0.4, 0.5) is 4.79 Å². The predicted molar refractivity (Wildman–Crippen MR) is 74.2 cm³/mol. The van der Waals surface area contributed by atoms with E-state index in [0.29, 0.717) is 6.54 Å². The zero-order valence-corrected chi connectivity index (χ0v) is 12.4. The molecule has 1 aliphatic rings. The van der Waals surface area contributed by atoms with Gasteiger partial charge in [-0.2, -0.15) is 0 Å². The molecular formula is C14H24N2O4. The monoisotopic (exact) mass is 284 g/mol. The standard InChI is InChI=1S/C14H24N2O4/c1-10-6-4-5-7-16(10)13(20)15-11(17)8-14(2,3)9-12(18)19/h10H,4-9H2,1-3H3,(H,18,19)(H,15,17,20). The van der Waals surface area contributed by atoms with Crippen molar-refractivity contribution >= 4 is 17.9 Å². The normalized spacial score (nSPS) is 19.6. The lowest BCUT2D eigenvalue weighted by Crippen LogP contribution is -2.49. The minimum atomic E-state index is -0.946. The first kappa shape index (κ1) is 16.5. The quantitative estimate of drug-likeness (QED) is 0.826. The fraction of sp³-hybridized carbons (Fsp3) is 0.786. The van der Waals surface area contributed by atoms with Crippen molar-refractivity contribution < 1.29 is 19.5 Å². The van der Waals surface area contributed by atoms with E-state index >= 15 is 0 Å². The summed E-state index contributed by atoms with van der Waals surface area (Å²) < 4.78 is 0. The smallest absolute Gasteiger partial charge is 0.324 e. The molecule has 1 unspecified atom stereocenters. The molecule has 114 valence electrons. The van der Waals surface area contributed by atoms with Gasteiger partial charge < -0.3 is 10.0 Å². The SMILES string of the molecule is CC1CCCCN1C(=O)NC(=O)CC(C)(C)CC(=O)O. The van der Waals surface area contributed by atoms with Gasteiger partial charge in [0, 0.05) is 19.0 Å². The number of nitrogens with one attached hydrogen (secondary N) is 1. The number of carbonyl (C=O) groups excluding carboxylic acids is 2. The van der Waals surface area contributed by atoms with Crippen LogP contribution in [0.2, 0.25) is 0 Å². The summed E-state index contributed by atoms with van der Waals surface area (Å²) in [7, 11) is 0. The molecule has 3 amide bonds. The summed E-state index contributed by atoms with van der Waals surface area (Å²) in [5, 5.41) is 11.1. The van der Waals surface area contributed by atoms with Crippen LogP contribution in [-0.2, 0) is 9.59 Å². The second-order valence-electron chi connectivity index (χ2n) is 6.30. The third kappa shape index (κ3) is 5.19. The summed E-state index contributed by atoms with van der Waals surface area (Å²) in [4.78, 5) is 36.2. The maximum Gasteiger partial charge on any atom is 0.324 e. The Morgan fingerprint density at radius 2 is 1.90 bits per heavy atom. The van der Waals surface area contributed by atoms with Crippen LogP contribution in [0, 0.1) is 5.41 Å². The van der Waals surface area contributed by atoms with Crippen molar-refractivity contribution in [3.05, 3.63) is 0 Å². The molecular weight excluding hydrogens is 260 g/mol. The second kappa shape index (κ2) is 6.72. The number of hydrogen-bond donors (Lipinski definition) is 2. The molecule has 0 saturated carbocycles. The molecule has 1 atom stereocenters. The summed E-state index contributed by atoms with van der Waals surface area (Å²) in [6, 6.07) is -0.225. The lowest BCUT2D eigenvalue weighted by atomic mass is 9.85. The molecule has 0 aromatic heterocycles. The van der Waals surface area contributed by atoms with E-state index in [1.165, 1.54) is 0 Å². The highest BCUT2D eigenvalue weighted by molar-refractivity contribution is 5.94. The Labute approximate surface area is 119 Å². The van der Waals surface area contributed by atoms with Crippen LogP contribution in [0.1, 0.15) is 52.9 Å². The molecule has 0 aromatic carbocycles. The molecule has 0 aliphatic carbocycles. The topological polar surface area (TPSA) is 86.7 Å². The highest BCUT2D eigenvalue weighted by atomic mass is 16.4. The average molecular weight is 284 g/mol. The molecule has 1 heterocycles. The van der Waals surface area contributed by atoms with Crippen molar-refractivity contribution in [1.82, 2.24) is 10.2 Å². The maximum atomic E-state index is 12.0. The number of piperidine rings is 1. The molecule has 0 spiro atoms. The van der Waals surface area contributed by atoms with Crippen LogP contribution in [0.25, 0.3) is 0 Å². The van der Waals surface area contributed by atoms with Gasteiger partial charge in [0.15, 0.2) is 0 Å². The number of carbonyl (C=O) groups is 3. The summed E-state index contributed by atoms with van der Waals surface area (Å²) in [6.45, 7) is 6.04. The number of imide groups is 1. The van der Waals surface area contributed by atoms with Crippen LogP contribution in [0.3, 0.4) is 0 Å². The van der Waals surface area contributed by atoms with Crippen LogP contribution in [0.15, 0.2) is 0 Å². The average Bonchev–Trinajstić information content (AvgIpc) is 2.25. The third-order valence-electron chi connectivity index (χ3n) is 3.58. The molecule has 1 rings (SSSR count). The Morgan fingerprint density at radius 3 is 2.45 bits per heavy atom. The molecule has 20 heavy (non-hydrogen) atoms. The highest BCUT2D eigenvalue weighted by Gasteiger charge is 2.28. The number of urea groups is 1. The zero-order valence-electron chi connectivity index (χ0n) is 12.4. The minimum absolute atomic E-state index is 0.0211. The Hall–Kier alpha value is -1.59. The number of amides is 3. The molecule has 1 fully saturated rings. The van der Waals surface area contributed by atoms with E-state index in [2.05, 4.69) is 5.32 Å². The van der Waals surface area contributed by atoms with Gasteiger partial charge in [-0.25, -0.2) is 4.79 Å². The van der Waals surface area contributed by atoms with Crippen molar-refractivity contribution in [1.29, 1.82) is 0 Å². The summed E-state index contributed by atoms with van der Waals surface area (Å²) in [5.41, 5.74) is -0.663. The van der Waals surface area contributed by atoms with Gasteiger partial charge in [-0.05, 0) is 31.6 Å². The van der Waals surface area contributed by atoms with Crippen molar-refractivity contribution in [2.45, 2.75) is 58.9 Å². The van der Waals surface area contributed by atoms with Crippen molar-refractivity contribution in [3.63, 3.8) is 0 Å². The first-order chi connectivity index (χ1) is 9.21. The van der Waals surface area contributed by atoms with Gasteiger partial charge >= 0.3 is 12.0 Å². The van der Waals surface area contributed by atoms with Crippen molar-refractivity contribution in [2.75, 3.05) is 6.54 Å². The number of carboxylic acid groups (broad SMARTS) is 1. The van der Waals surface area contributed by atoms with Crippen LogP contribution < -0.4 is 5.32 Å². The first-order valence-corrected chi connectivity index (χ1v) is 7.03. The summed E-state index contributed by atoms with van der Waals surface area (Å²) >= 11 is 0. The van der Waals surface area contributed by atoms with E-state index in [1.807, 2.05) is 6.92 Å². The first-order valence-electron chi connectivity index (χ1n) is 7.03. The van der Waals surface area contributed by atoms with E-state index in [1.54, 1.807) is 18.7 Å². The number of rotatable bonds is 4. The van der Waals surface area contributed by atoms with Gasteiger partial charge in [-0.3, -0.25) is 14.9 Å². The molecule has 2 N–H and O–H groups in total. The molecule has 6 heteroatoms. The van der Waals surface area contributed by atoms with Crippen molar-refractivity contribution in [2.24, 2.45) is 5.41 Å². The Balaban J connectivity index is 2.49. The fourth-order valence-corrected chi connectivity index (χ4v) is 2.54. The molecule has 1 saturated heterocycles. The molecule has 0 bridgehead atoms. The van der Waals surface area contributed by atoms with Gasteiger partial charge in [0.05, 0.1) is 6.42 Å². The van der Waals surface area contributed by atoms with E-state index in [-0.39, 0.29) is 24.9 Å². The molecule has 0 radical (unpaired) electrons. The number of likely N-dealkylation sites (tertiary alicyclic amines) is 1. The van der Waals surface area contributed by atoms with Gasteiger partial charge in [-0.15, -0.1) is 0 Å². The van der Waals surface area contributed by atoms with Gasteiger partial charge in [0.25, 0.3) is 0 Å². The Bertz CT molecular complexity index is 393. The number of nitrogens with zero attached hydrogens (tertiary/aromatic N) is 1. The molecule has 0 aromatic rings. The van der Waals surface area contributed by atoms with Gasteiger partial charge in [0.2, 0.25) is 5.91 Å². The Morgan fingerprint density at radius 1 is 1.25 bits per heavy atom. The fourth-order valence-electron chi connectivity index (χ4n) is 2.54. The minimum Gasteiger partial charge on any atom is -0.481 e. The van der Waals surface area contributed by atoms with Crippen molar-refractivity contribution in [3.8, 4) is 0 Å². The third-order valence-corrected chi connectivity index (χ3v) is 3.58. The zero-order chi connectivity index (χ0) is 15.3. The van der Waals surface area contributed by atoms with Crippen LogP contribution in [0.5, 0.6) is 0 Å². The van der Waals surface area contributed by atoms with E-state index in [4.69, 9.17) is 5.11 Å². The second-order valence-corrected chi connectivity index (χ2v) is 6.30. The predicted octanol–water partition coefficient (Wildman–Crippen LogP) is 1.99. The summed E-state index contributed by atoms with van der Waals surface area (Å²) in [6.07, 6.45) is 2.93. The highest BCUT2D eigenvalue weighted by Crippen LogP contribution is 2.25. The maximum absolute atomic E-state index is 12.0. The number of carboxylic acids is 1. The number of aliphatic carboxylic acids is 1. The van der Waals surface area contributed by atoms with E-state index in [9.17, 15) is 14.4 Å². The number of hydrogen-bond acceptors (Lipinski definition) is 3. The summed E-state index contributed by atoms with van der Waals surface area (Å²) in [5.74, 6) is -1.36. The largest absolute Gasteiger partial charge is 0.481 e. The molecule has 6 nitrogen and oxygen atoms in total. The Kier molecular flexibility index (Phi) is 5.53. The lowest BCUT2D eigenvalue weighted by Gasteiger charge is -2.33.